The number of aromatic nitrogens is 2. The molecule has 2 bridgehead atoms. The molecule has 3 heterocycles. The maximum atomic E-state index is 12.9. The summed E-state index contributed by atoms with van der Waals surface area (Å²) in [6, 6.07) is 7.04. The molecule has 2 aromatic rings. The van der Waals surface area contributed by atoms with Crippen molar-refractivity contribution < 1.29 is 9.53 Å². The summed E-state index contributed by atoms with van der Waals surface area (Å²) in [6.07, 6.45) is 3.80. The molecule has 2 saturated heterocycles. The fraction of sp³-hybridized carbons (Fsp3) is 0.412. The summed E-state index contributed by atoms with van der Waals surface area (Å²) in [5, 5.41) is 8.32. The first-order valence-electron chi connectivity index (χ1n) is 7.94. The fourth-order valence-corrected chi connectivity index (χ4v) is 4.09. The van der Waals surface area contributed by atoms with E-state index in [1.54, 1.807) is 22.9 Å². The fourth-order valence-electron chi connectivity index (χ4n) is 3.80. The van der Waals surface area contributed by atoms with E-state index in [0.29, 0.717) is 15.7 Å². The van der Waals surface area contributed by atoms with E-state index < -0.39 is 0 Å². The second kappa shape index (κ2) is 6.06. The average Bonchev–Trinajstić information content (AvgIpc) is 3.25. The molecule has 0 radical (unpaired) electrons. The number of anilines is 1. The number of amides is 1. The predicted octanol–water partition coefficient (Wildman–Crippen LogP) is 3.63. The SMILES string of the molecule is Cn1ccc(C2C3CCC(O3)C2C(=O)Nc2ccc(Cl)c(Cl)c2)n1. The van der Waals surface area contributed by atoms with Gasteiger partial charge in [0, 0.05) is 24.8 Å². The van der Waals surface area contributed by atoms with Crippen molar-refractivity contribution in [1.29, 1.82) is 0 Å². The summed E-state index contributed by atoms with van der Waals surface area (Å²) in [4.78, 5) is 12.9. The van der Waals surface area contributed by atoms with Crippen LogP contribution in [0.2, 0.25) is 10.0 Å². The molecule has 0 saturated carbocycles. The summed E-state index contributed by atoms with van der Waals surface area (Å²) in [7, 11) is 1.88. The highest BCUT2D eigenvalue weighted by molar-refractivity contribution is 6.42. The molecular formula is C17H17Cl2N3O2. The van der Waals surface area contributed by atoms with E-state index in [-0.39, 0.29) is 30.0 Å². The topological polar surface area (TPSA) is 56.1 Å². The zero-order valence-corrected chi connectivity index (χ0v) is 14.6. The van der Waals surface area contributed by atoms with Crippen LogP contribution in [0.15, 0.2) is 30.5 Å². The molecular weight excluding hydrogens is 349 g/mol. The minimum absolute atomic E-state index is 0.00674. The van der Waals surface area contributed by atoms with Crippen LogP contribution in [0.4, 0.5) is 5.69 Å². The maximum Gasteiger partial charge on any atom is 0.230 e. The summed E-state index contributed by atoms with van der Waals surface area (Å²) < 4.78 is 7.76. The van der Waals surface area contributed by atoms with Crippen LogP contribution >= 0.6 is 23.2 Å². The molecule has 126 valence electrons. The quantitative estimate of drug-likeness (QED) is 0.903. The van der Waals surface area contributed by atoms with Crippen LogP contribution < -0.4 is 5.32 Å². The van der Waals surface area contributed by atoms with E-state index in [0.717, 1.165) is 18.5 Å². The van der Waals surface area contributed by atoms with Crippen LogP contribution in [0.25, 0.3) is 0 Å². The second-order valence-electron chi connectivity index (χ2n) is 6.37. The normalized spacial score (nSPS) is 28.3. The van der Waals surface area contributed by atoms with Gasteiger partial charge < -0.3 is 10.1 Å². The van der Waals surface area contributed by atoms with Gasteiger partial charge in [0.25, 0.3) is 0 Å². The highest BCUT2D eigenvalue weighted by Gasteiger charge is 2.53. The van der Waals surface area contributed by atoms with Gasteiger partial charge in [-0.05, 0) is 37.1 Å². The number of nitrogens with one attached hydrogen (secondary N) is 1. The Hall–Kier alpha value is -1.56. The van der Waals surface area contributed by atoms with Crippen LogP contribution in [-0.2, 0) is 16.6 Å². The minimum Gasteiger partial charge on any atom is -0.373 e. The van der Waals surface area contributed by atoms with Crippen molar-refractivity contribution in [2.75, 3.05) is 5.32 Å². The van der Waals surface area contributed by atoms with Gasteiger partial charge in [0.2, 0.25) is 5.91 Å². The van der Waals surface area contributed by atoms with E-state index in [1.807, 2.05) is 19.3 Å². The Morgan fingerprint density at radius 3 is 2.75 bits per heavy atom. The Bertz CT molecular complexity index is 792. The van der Waals surface area contributed by atoms with E-state index >= 15 is 0 Å². The largest absolute Gasteiger partial charge is 0.373 e. The van der Waals surface area contributed by atoms with Crippen LogP contribution in [-0.4, -0.2) is 27.9 Å². The Balaban J connectivity index is 1.58. The third-order valence-corrected chi connectivity index (χ3v) is 5.58. The number of hydrogen-bond acceptors (Lipinski definition) is 3. The van der Waals surface area contributed by atoms with Gasteiger partial charge >= 0.3 is 0 Å². The molecule has 1 amide bonds. The van der Waals surface area contributed by atoms with Crippen LogP contribution in [0.1, 0.15) is 24.5 Å². The number of nitrogens with zero attached hydrogens (tertiary/aromatic N) is 2. The molecule has 7 heteroatoms. The molecule has 4 atom stereocenters. The monoisotopic (exact) mass is 365 g/mol. The van der Waals surface area contributed by atoms with Crippen molar-refractivity contribution in [1.82, 2.24) is 9.78 Å². The number of aryl methyl sites for hydroxylation is 1. The lowest BCUT2D eigenvalue weighted by atomic mass is 9.77. The van der Waals surface area contributed by atoms with E-state index in [2.05, 4.69) is 10.4 Å². The number of rotatable bonds is 3. The highest BCUT2D eigenvalue weighted by atomic mass is 35.5. The number of hydrogen-bond donors (Lipinski definition) is 1. The lowest BCUT2D eigenvalue weighted by Crippen LogP contribution is -2.36. The van der Waals surface area contributed by atoms with Gasteiger partial charge in [-0.3, -0.25) is 9.48 Å². The number of fused-ring (bicyclic) bond motifs is 2. The lowest BCUT2D eigenvalue weighted by molar-refractivity contribution is -0.121. The number of halogens is 2. The van der Waals surface area contributed by atoms with Crippen molar-refractivity contribution in [3.63, 3.8) is 0 Å². The van der Waals surface area contributed by atoms with Gasteiger partial charge in [-0.1, -0.05) is 23.2 Å². The molecule has 1 N–H and O–H groups in total. The lowest BCUT2D eigenvalue weighted by Gasteiger charge is -2.25. The van der Waals surface area contributed by atoms with Gasteiger partial charge in [-0.25, -0.2) is 0 Å². The third-order valence-electron chi connectivity index (χ3n) is 4.84. The molecule has 5 nitrogen and oxygen atoms in total. The van der Waals surface area contributed by atoms with Crippen molar-refractivity contribution >= 4 is 34.8 Å². The Morgan fingerprint density at radius 2 is 2.04 bits per heavy atom. The Morgan fingerprint density at radius 1 is 1.25 bits per heavy atom. The molecule has 2 fully saturated rings. The standard InChI is InChI=1S/C17H17Cl2N3O2/c1-22-7-6-12(21-22)15-13-4-5-14(24-13)16(15)17(23)20-9-2-3-10(18)11(19)8-9/h2-3,6-8,13-16H,4-5H2,1H3,(H,20,23). The highest BCUT2D eigenvalue weighted by Crippen LogP contribution is 2.48. The molecule has 4 unspecified atom stereocenters. The number of carbonyl (C=O) groups excluding carboxylic acids is 1. The Kier molecular flexibility index (Phi) is 4.03. The molecule has 1 aromatic carbocycles. The van der Waals surface area contributed by atoms with Crippen molar-refractivity contribution in [2.45, 2.75) is 31.0 Å². The smallest absolute Gasteiger partial charge is 0.230 e. The van der Waals surface area contributed by atoms with E-state index in [1.165, 1.54) is 0 Å². The van der Waals surface area contributed by atoms with Crippen LogP contribution in [0.5, 0.6) is 0 Å². The van der Waals surface area contributed by atoms with Crippen molar-refractivity contribution in [3.05, 3.63) is 46.2 Å². The minimum atomic E-state index is -0.242. The number of benzene rings is 1. The van der Waals surface area contributed by atoms with Gasteiger partial charge in [0.05, 0.1) is 33.9 Å². The molecule has 2 aliphatic rings. The van der Waals surface area contributed by atoms with Gasteiger partial charge in [-0.2, -0.15) is 5.10 Å². The van der Waals surface area contributed by atoms with Gasteiger partial charge in [0.1, 0.15) is 0 Å². The first-order valence-corrected chi connectivity index (χ1v) is 8.69. The molecule has 24 heavy (non-hydrogen) atoms. The molecule has 4 rings (SSSR count). The van der Waals surface area contributed by atoms with Gasteiger partial charge in [-0.15, -0.1) is 0 Å². The third kappa shape index (κ3) is 2.70. The van der Waals surface area contributed by atoms with Crippen LogP contribution in [0, 0.1) is 5.92 Å². The first kappa shape index (κ1) is 15.9. The summed E-state index contributed by atoms with van der Waals surface area (Å²) >= 11 is 12.0. The Labute approximate surface area is 149 Å². The summed E-state index contributed by atoms with van der Waals surface area (Å²) in [5.41, 5.74) is 1.55. The zero-order chi connectivity index (χ0) is 16.8. The van der Waals surface area contributed by atoms with Crippen molar-refractivity contribution in [3.8, 4) is 0 Å². The second-order valence-corrected chi connectivity index (χ2v) is 7.19. The summed E-state index contributed by atoms with van der Waals surface area (Å²) in [6.45, 7) is 0. The average molecular weight is 366 g/mol. The maximum absolute atomic E-state index is 12.9. The van der Waals surface area contributed by atoms with E-state index in [9.17, 15) is 4.79 Å². The van der Waals surface area contributed by atoms with Gasteiger partial charge in [0.15, 0.2) is 0 Å². The molecule has 1 aromatic heterocycles. The predicted molar refractivity (Wildman–Crippen MR) is 92.4 cm³/mol. The van der Waals surface area contributed by atoms with Crippen molar-refractivity contribution in [2.24, 2.45) is 13.0 Å². The number of ether oxygens (including phenoxy) is 1. The first-order chi connectivity index (χ1) is 11.5. The van der Waals surface area contributed by atoms with E-state index in [4.69, 9.17) is 27.9 Å². The molecule has 2 aliphatic heterocycles. The molecule has 0 spiro atoms. The number of carbonyl (C=O) groups is 1. The molecule has 0 aliphatic carbocycles. The summed E-state index contributed by atoms with van der Waals surface area (Å²) in [5.74, 6) is -0.308. The zero-order valence-electron chi connectivity index (χ0n) is 13.1. The van der Waals surface area contributed by atoms with Crippen LogP contribution in [0.3, 0.4) is 0 Å².